The van der Waals surface area contributed by atoms with Crippen LogP contribution in [0.1, 0.15) is 17.1 Å². The van der Waals surface area contributed by atoms with Crippen molar-refractivity contribution in [1.82, 2.24) is 19.9 Å². The molecule has 28 heavy (non-hydrogen) atoms. The summed E-state index contributed by atoms with van der Waals surface area (Å²) < 4.78 is 0. The predicted octanol–water partition coefficient (Wildman–Crippen LogP) is 3.09. The average molecular weight is 377 g/mol. The van der Waals surface area contributed by atoms with Gasteiger partial charge in [0, 0.05) is 74.0 Å². The van der Waals surface area contributed by atoms with E-state index in [1.54, 1.807) is 0 Å². The Kier molecular flexibility index (Phi) is 8.04. The van der Waals surface area contributed by atoms with E-state index in [0.717, 1.165) is 36.7 Å². The normalized spacial score (nSPS) is 12.3. The Morgan fingerprint density at radius 1 is 0.607 bits per heavy atom. The summed E-state index contributed by atoms with van der Waals surface area (Å²) in [6.07, 6.45) is 11.6. The molecule has 0 aliphatic heterocycles. The summed E-state index contributed by atoms with van der Waals surface area (Å²) in [5.74, 6) is 0. The lowest BCUT2D eigenvalue weighted by atomic mass is 10.4. The van der Waals surface area contributed by atoms with Crippen molar-refractivity contribution in [2.24, 2.45) is 15.0 Å². The minimum atomic E-state index is 0.669. The molecule has 0 aliphatic carbocycles. The molecule has 3 heterocycles. The van der Waals surface area contributed by atoms with Crippen LogP contribution in [0.4, 0.5) is 0 Å². The fourth-order valence-corrected chi connectivity index (χ4v) is 2.63. The number of hydrogen-bond acceptors (Lipinski definition) is 4. The molecule has 0 radical (unpaired) electrons. The van der Waals surface area contributed by atoms with Gasteiger partial charge < -0.3 is 15.0 Å². The Morgan fingerprint density at radius 2 is 0.964 bits per heavy atom. The van der Waals surface area contributed by atoms with E-state index in [-0.39, 0.29) is 0 Å². The van der Waals surface area contributed by atoms with E-state index >= 15 is 0 Å². The van der Waals surface area contributed by atoms with E-state index in [0.29, 0.717) is 19.6 Å². The first kappa shape index (κ1) is 19.6. The zero-order valence-electron chi connectivity index (χ0n) is 16.0. The quantitative estimate of drug-likeness (QED) is 0.416. The van der Waals surface area contributed by atoms with Gasteiger partial charge in [0.05, 0.1) is 19.6 Å². The van der Waals surface area contributed by atoms with Crippen LogP contribution < -0.4 is 0 Å². The number of nitrogens with zero attached hydrogens (tertiary/aromatic N) is 4. The van der Waals surface area contributed by atoms with Crippen molar-refractivity contribution < 1.29 is 0 Å². The molecule has 3 aromatic rings. The van der Waals surface area contributed by atoms with Gasteiger partial charge in [-0.1, -0.05) is 0 Å². The number of H-pyrrole nitrogens is 3. The largest absolute Gasteiger partial charge is 0.363 e. The van der Waals surface area contributed by atoms with Crippen LogP contribution in [0, 0.1) is 0 Å². The molecule has 3 aromatic heterocycles. The molecule has 7 heteroatoms. The molecule has 3 rings (SSSR count). The van der Waals surface area contributed by atoms with E-state index in [2.05, 4.69) is 34.8 Å². The summed E-state index contributed by atoms with van der Waals surface area (Å²) in [5, 5.41) is 0. The third kappa shape index (κ3) is 7.20. The fourth-order valence-electron chi connectivity index (χ4n) is 2.63. The highest BCUT2D eigenvalue weighted by Gasteiger charge is 2.00. The summed E-state index contributed by atoms with van der Waals surface area (Å²) in [7, 11) is 0. The maximum absolute atomic E-state index is 4.49. The van der Waals surface area contributed by atoms with Gasteiger partial charge in [-0.3, -0.25) is 19.9 Å². The van der Waals surface area contributed by atoms with Crippen molar-refractivity contribution >= 4 is 18.6 Å². The average Bonchev–Trinajstić information content (AvgIpc) is 3.48. The first-order chi connectivity index (χ1) is 13.9. The zero-order chi connectivity index (χ0) is 19.3. The second kappa shape index (κ2) is 11.5. The van der Waals surface area contributed by atoms with Crippen molar-refractivity contribution in [3.8, 4) is 0 Å². The van der Waals surface area contributed by atoms with Gasteiger partial charge in [0.25, 0.3) is 0 Å². The molecule has 0 spiro atoms. The van der Waals surface area contributed by atoms with E-state index in [9.17, 15) is 0 Å². The Bertz CT molecular complexity index is 713. The van der Waals surface area contributed by atoms with Gasteiger partial charge in [0.2, 0.25) is 0 Å². The maximum Gasteiger partial charge on any atom is 0.0786 e. The second-order valence-electron chi connectivity index (χ2n) is 6.37. The third-order valence-electron chi connectivity index (χ3n) is 4.18. The van der Waals surface area contributed by atoms with Gasteiger partial charge in [-0.05, 0) is 36.4 Å². The fraction of sp³-hybridized carbons (Fsp3) is 0.286. The second-order valence-corrected chi connectivity index (χ2v) is 6.37. The van der Waals surface area contributed by atoms with Gasteiger partial charge >= 0.3 is 0 Å². The van der Waals surface area contributed by atoms with Gasteiger partial charge in [-0.15, -0.1) is 0 Å². The van der Waals surface area contributed by atoms with Gasteiger partial charge in [-0.2, -0.15) is 0 Å². The number of aromatic nitrogens is 3. The molecule has 0 atom stereocenters. The Morgan fingerprint density at radius 3 is 1.25 bits per heavy atom. The van der Waals surface area contributed by atoms with Gasteiger partial charge in [-0.25, -0.2) is 0 Å². The molecule has 0 aromatic carbocycles. The monoisotopic (exact) mass is 377 g/mol. The molecule has 0 amide bonds. The predicted molar refractivity (Wildman–Crippen MR) is 115 cm³/mol. The molecule has 0 unspecified atom stereocenters. The highest BCUT2D eigenvalue weighted by molar-refractivity contribution is 5.66. The summed E-state index contributed by atoms with van der Waals surface area (Å²) in [5.41, 5.74) is 3.34. The molecule has 0 saturated heterocycles. The highest BCUT2D eigenvalue weighted by atomic mass is 15.1. The lowest BCUT2D eigenvalue weighted by Crippen LogP contribution is -2.29. The molecule has 7 nitrogen and oxygen atoms in total. The molecule has 0 fully saturated rings. The van der Waals surface area contributed by atoms with Crippen molar-refractivity contribution in [1.29, 1.82) is 0 Å². The van der Waals surface area contributed by atoms with Crippen molar-refractivity contribution in [2.75, 3.05) is 19.6 Å². The van der Waals surface area contributed by atoms with Gasteiger partial charge in [0.1, 0.15) is 0 Å². The number of nitrogens with one attached hydrogen (secondary N) is 3. The highest BCUT2D eigenvalue weighted by Crippen LogP contribution is 1.98. The van der Waals surface area contributed by atoms with E-state index in [1.807, 2.05) is 73.6 Å². The Hall–Kier alpha value is -3.19. The number of hydrogen-bond donors (Lipinski definition) is 3. The molecule has 3 N–H and O–H groups in total. The molecule has 0 aliphatic rings. The molecule has 0 saturated carbocycles. The third-order valence-corrected chi connectivity index (χ3v) is 4.18. The van der Waals surface area contributed by atoms with Crippen LogP contribution in [0.5, 0.6) is 0 Å². The van der Waals surface area contributed by atoms with Crippen LogP contribution in [0.15, 0.2) is 70.0 Å². The minimum Gasteiger partial charge on any atom is -0.363 e. The van der Waals surface area contributed by atoms with Crippen LogP contribution >= 0.6 is 0 Å². The first-order valence-corrected chi connectivity index (χ1v) is 9.44. The molecule has 146 valence electrons. The standard InChI is InChI=1S/C21H27N7/c1-4-19(25-7-1)16-22-10-13-28(14-11-23-17-20-5-2-8-26-20)15-12-24-18-21-6-3-9-27-21/h1-12,25-27H,13-18H2. The maximum atomic E-state index is 4.49. The van der Waals surface area contributed by atoms with E-state index in [4.69, 9.17) is 0 Å². The van der Waals surface area contributed by atoms with E-state index in [1.165, 1.54) is 0 Å². The Balaban J connectivity index is 1.45. The van der Waals surface area contributed by atoms with Crippen LogP contribution in [0.25, 0.3) is 0 Å². The summed E-state index contributed by atoms with van der Waals surface area (Å²) in [6.45, 7) is 4.27. The summed E-state index contributed by atoms with van der Waals surface area (Å²) >= 11 is 0. The summed E-state index contributed by atoms with van der Waals surface area (Å²) in [6, 6.07) is 12.1. The number of aromatic amines is 3. The van der Waals surface area contributed by atoms with Crippen LogP contribution in [-0.4, -0.2) is 58.1 Å². The summed E-state index contributed by atoms with van der Waals surface area (Å²) in [4.78, 5) is 25.2. The van der Waals surface area contributed by atoms with Crippen molar-refractivity contribution in [3.05, 3.63) is 72.1 Å². The zero-order valence-corrected chi connectivity index (χ0v) is 16.0. The van der Waals surface area contributed by atoms with Crippen molar-refractivity contribution in [3.63, 3.8) is 0 Å². The molecular formula is C21H27N7. The van der Waals surface area contributed by atoms with Crippen molar-refractivity contribution in [2.45, 2.75) is 19.6 Å². The van der Waals surface area contributed by atoms with Gasteiger partial charge in [0.15, 0.2) is 0 Å². The van der Waals surface area contributed by atoms with Crippen LogP contribution in [0.2, 0.25) is 0 Å². The first-order valence-electron chi connectivity index (χ1n) is 9.44. The topological polar surface area (TPSA) is 87.7 Å². The number of aliphatic imine (C=N–C) groups is 3. The number of rotatable bonds is 12. The van der Waals surface area contributed by atoms with E-state index < -0.39 is 0 Å². The lowest BCUT2D eigenvalue weighted by Gasteiger charge is -2.15. The SMILES string of the molecule is C(CN(CC=NCc1ccc[nH]1)CC=NCc1ccc[nH]1)=NCc1ccc[nH]1. The van der Waals surface area contributed by atoms with Crippen LogP contribution in [-0.2, 0) is 19.6 Å². The van der Waals surface area contributed by atoms with Crippen LogP contribution in [0.3, 0.4) is 0 Å². The Labute approximate surface area is 165 Å². The molecule has 0 bridgehead atoms. The smallest absolute Gasteiger partial charge is 0.0786 e. The lowest BCUT2D eigenvalue weighted by molar-refractivity contribution is 0.414. The minimum absolute atomic E-state index is 0.669. The molecular weight excluding hydrogens is 350 g/mol.